The van der Waals surface area contributed by atoms with Gasteiger partial charge in [0.2, 0.25) is 0 Å². The summed E-state index contributed by atoms with van der Waals surface area (Å²) in [7, 11) is 0. The van der Waals surface area contributed by atoms with Gasteiger partial charge in [0.1, 0.15) is 12.2 Å². The Kier molecular flexibility index (Phi) is 3.19. The van der Waals surface area contributed by atoms with Crippen LogP contribution in [0.2, 0.25) is 0 Å². The number of imidazole rings is 1. The van der Waals surface area contributed by atoms with Crippen LogP contribution in [0.3, 0.4) is 0 Å². The second-order valence-corrected chi connectivity index (χ2v) is 5.11. The molecule has 0 spiro atoms. The van der Waals surface area contributed by atoms with Gasteiger partial charge < -0.3 is 9.67 Å². The van der Waals surface area contributed by atoms with E-state index in [0.29, 0.717) is 5.82 Å². The molecular formula is C12H13BrN2O2. The highest BCUT2D eigenvalue weighted by molar-refractivity contribution is 9.10. The van der Waals surface area contributed by atoms with Crippen LogP contribution in [0, 0.1) is 0 Å². The van der Waals surface area contributed by atoms with Gasteiger partial charge in [-0.2, -0.15) is 0 Å². The molecule has 0 aliphatic carbocycles. The molecule has 2 rings (SSSR count). The van der Waals surface area contributed by atoms with E-state index < -0.39 is 5.97 Å². The van der Waals surface area contributed by atoms with Gasteiger partial charge in [-0.1, -0.05) is 15.9 Å². The fourth-order valence-corrected chi connectivity index (χ4v) is 2.31. The molecule has 0 atom stereocenters. The lowest BCUT2D eigenvalue weighted by molar-refractivity contribution is -0.136. The average Bonchev–Trinajstić information content (AvgIpc) is 2.53. The molecule has 0 aliphatic heterocycles. The molecule has 0 bridgehead atoms. The van der Waals surface area contributed by atoms with Crippen molar-refractivity contribution in [3.63, 3.8) is 0 Å². The Bertz CT molecular complexity index is 575. The first-order chi connectivity index (χ1) is 7.99. The van der Waals surface area contributed by atoms with Crippen molar-refractivity contribution in [2.75, 3.05) is 0 Å². The molecule has 1 aromatic carbocycles. The van der Waals surface area contributed by atoms with Crippen LogP contribution in [-0.4, -0.2) is 20.6 Å². The summed E-state index contributed by atoms with van der Waals surface area (Å²) >= 11 is 3.39. The molecule has 2 aromatic rings. The molecule has 0 saturated carbocycles. The summed E-state index contributed by atoms with van der Waals surface area (Å²) in [5.41, 5.74) is 1.80. The van der Waals surface area contributed by atoms with Gasteiger partial charge in [0.25, 0.3) is 0 Å². The number of carboxylic acid groups (broad SMARTS) is 1. The lowest BCUT2D eigenvalue weighted by Crippen LogP contribution is -2.11. The van der Waals surface area contributed by atoms with E-state index >= 15 is 0 Å². The number of aliphatic carboxylic acids is 1. The fourth-order valence-electron chi connectivity index (χ4n) is 1.96. The molecule has 0 fully saturated rings. The molecule has 4 nitrogen and oxygen atoms in total. The Balaban J connectivity index is 2.65. The van der Waals surface area contributed by atoms with Crippen molar-refractivity contribution in [3.8, 4) is 0 Å². The van der Waals surface area contributed by atoms with E-state index in [9.17, 15) is 4.79 Å². The largest absolute Gasteiger partial charge is 0.481 e. The number of carbonyl (C=O) groups is 1. The van der Waals surface area contributed by atoms with Crippen LogP contribution in [0.15, 0.2) is 22.7 Å². The van der Waals surface area contributed by atoms with Crippen molar-refractivity contribution in [2.24, 2.45) is 0 Å². The number of benzene rings is 1. The van der Waals surface area contributed by atoms with Gasteiger partial charge in [0.05, 0.1) is 11.0 Å². The fraction of sp³-hybridized carbons (Fsp3) is 0.333. The molecule has 17 heavy (non-hydrogen) atoms. The standard InChI is InChI=1S/C12H13BrN2O2/c1-7(2)15-10-4-3-8(13)5-9(10)14-11(15)6-12(16)17/h3-5,7H,6H2,1-2H3,(H,16,17). The Morgan fingerprint density at radius 1 is 1.53 bits per heavy atom. The van der Waals surface area contributed by atoms with E-state index in [4.69, 9.17) is 5.11 Å². The third-order valence-corrected chi connectivity index (χ3v) is 3.04. The first-order valence-electron chi connectivity index (χ1n) is 5.37. The molecule has 1 heterocycles. The number of nitrogens with zero attached hydrogens (tertiary/aromatic N) is 2. The zero-order chi connectivity index (χ0) is 12.6. The van der Waals surface area contributed by atoms with Gasteiger partial charge in [0, 0.05) is 10.5 Å². The molecule has 90 valence electrons. The maximum absolute atomic E-state index is 10.8. The summed E-state index contributed by atoms with van der Waals surface area (Å²) < 4.78 is 2.91. The number of halogens is 1. The lowest BCUT2D eigenvalue weighted by Gasteiger charge is -2.11. The maximum Gasteiger partial charge on any atom is 0.311 e. The van der Waals surface area contributed by atoms with Crippen LogP contribution < -0.4 is 0 Å². The second kappa shape index (κ2) is 4.49. The molecule has 1 aromatic heterocycles. The second-order valence-electron chi connectivity index (χ2n) is 4.20. The van der Waals surface area contributed by atoms with Crippen LogP contribution in [0.5, 0.6) is 0 Å². The number of hydrogen-bond donors (Lipinski definition) is 1. The number of aromatic nitrogens is 2. The number of carboxylic acids is 1. The summed E-state index contributed by atoms with van der Waals surface area (Å²) in [4.78, 5) is 15.2. The van der Waals surface area contributed by atoms with Crippen molar-refractivity contribution in [1.82, 2.24) is 9.55 Å². The van der Waals surface area contributed by atoms with Gasteiger partial charge in [-0.3, -0.25) is 4.79 Å². The Labute approximate surface area is 107 Å². The minimum absolute atomic E-state index is 0.0511. The SMILES string of the molecule is CC(C)n1c(CC(=O)O)nc2cc(Br)ccc21. The summed E-state index contributed by atoms with van der Waals surface area (Å²) in [6, 6.07) is 5.99. The van der Waals surface area contributed by atoms with Gasteiger partial charge in [0.15, 0.2) is 0 Å². The summed E-state index contributed by atoms with van der Waals surface area (Å²) in [5, 5.41) is 8.89. The highest BCUT2D eigenvalue weighted by Crippen LogP contribution is 2.24. The Morgan fingerprint density at radius 3 is 2.82 bits per heavy atom. The average molecular weight is 297 g/mol. The predicted molar refractivity (Wildman–Crippen MR) is 69.2 cm³/mol. The molecule has 0 saturated heterocycles. The van der Waals surface area contributed by atoms with Crippen LogP contribution in [0.4, 0.5) is 0 Å². The number of fused-ring (bicyclic) bond motifs is 1. The van der Waals surface area contributed by atoms with E-state index in [1.165, 1.54) is 0 Å². The van der Waals surface area contributed by atoms with Crippen LogP contribution in [0.1, 0.15) is 25.7 Å². The van der Waals surface area contributed by atoms with E-state index in [2.05, 4.69) is 20.9 Å². The zero-order valence-corrected chi connectivity index (χ0v) is 11.2. The first-order valence-corrected chi connectivity index (χ1v) is 6.16. The smallest absolute Gasteiger partial charge is 0.311 e. The van der Waals surface area contributed by atoms with E-state index in [0.717, 1.165) is 15.5 Å². The molecule has 0 aliphatic rings. The topological polar surface area (TPSA) is 55.1 Å². The molecule has 0 unspecified atom stereocenters. The van der Waals surface area contributed by atoms with E-state index in [-0.39, 0.29) is 12.5 Å². The van der Waals surface area contributed by atoms with Gasteiger partial charge in [-0.25, -0.2) is 4.98 Å². The minimum Gasteiger partial charge on any atom is -0.481 e. The third kappa shape index (κ3) is 2.34. The normalized spacial score (nSPS) is 11.3. The molecule has 1 N–H and O–H groups in total. The van der Waals surface area contributed by atoms with Gasteiger partial charge in [-0.15, -0.1) is 0 Å². The molecule has 5 heteroatoms. The van der Waals surface area contributed by atoms with Crippen LogP contribution >= 0.6 is 15.9 Å². The summed E-state index contributed by atoms with van der Waals surface area (Å²) in [5.74, 6) is -0.262. The molecular weight excluding hydrogens is 284 g/mol. The van der Waals surface area contributed by atoms with Gasteiger partial charge in [-0.05, 0) is 32.0 Å². The Morgan fingerprint density at radius 2 is 2.24 bits per heavy atom. The van der Waals surface area contributed by atoms with Crippen molar-refractivity contribution >= 4 is 32.9 Å². The third-order valence-electron chi connectivity index (χ3n) is 2.55. The molecule has 0 amide bonds. The highest BCUT2D eigenvalue weighted by Gasteiger charge is 2.15. The zero-order valence-electron chi connectivity index (χ0n) is 9.64. The van der Waals surface area contributed by atoms with Crippen molar-refractivity contribution < 1.29 is 9.90 Å². The van der Waals surface area contributed by atoms with Crippen molar-refractivity contribution in [3.05, 3.63) is 28.5 Å². The van der Waals surface area contributed by atoms with Gasteiger partial charge >= 0.3 is 5.97 Å². The molecule has 0 radical (unpaired) electrons. The number of hydrogen-bond acceptors (Lipinski definition) is 2. The monoisotopic (exact) mass is 296 g/mol. The van der Waals surface area contributed by atoms with Crippen LogP contribution in [0.25, 0.3) is 11.0 Å². The maximum atomic E-state index is 10.8. The lowest BCUT2D eigenvalue weighted by atomic mass is 10.3. The first kappa shape index (κ1) is 12.1. The van der Waals surface area contributed by atoms with E-state index in [1.54, 1.807) is 0 Å². The predicted octanol–water partition coefficient (Wildman–Crippen LogP) is 3.01. The number of rotatable bonds is 3. The van der Waals surface area contributed by atoms with E-state index in [1.807, 2.05) is 36.6 Å². The van der Waals surface area contributed by atoms with Crippen molar-refractivity contribution in [2.45, 2.75) is 26.3 Å². The van der Waals surface area contributed by atoms with Crippen molar-refractivity contribution in [1.29, 1.82) is 0 Å². The minimum atomic E-state index is -0.860. The highest BCUT2D eigenvalue weighted by atomic mass is 79.9. The Hall–Kier alpha value is -1.36. The summed E-state index contributed by atoms with van der Waals surface area (Å²) in [6.45, 7) is 4.04. The quantitative estimate of drug-likeness (QED) is 0.947. The summed E-state index contributed by atoms with van der Waals surface area (Å²) in [6.07, 6.45) is -0.0511. The van der Waals surface area contributed by atoms with Crippen LogP contribution in [-0.2, 0) is 11.2 Å².